The first-order valence-electron chi connectivity index (χ1n) is 6.84. The minimum Gasteiger partial charge on any atom is -0.321 e. The van der Waals surface area contributed by atoms with Crippen molar-refractivity contribution in [2.24, 2.45) is 5.73 Å². The molecule has 0 atom stereocenters. The van der Waals surface area contributed by atoms with Crippen LogP contribution in [0.3, 0.4) is 0 Å². The fourth-order valence-electron chi connectivity index (χ4n) is 2.10. The second kappa shape index (κ2) is 5.43. The van der Waals surface area contributed by atoms with Crippen LogP contribution in [0.25, 0.3) is 10.6 Å². The van der Waals surface area contributed by atoms with E-state index < -0.39 is 0 Å². The van der Waals surface area contributed by atoms with Crippen molar-refractivity contribution < 1.29 is 0 Å². The molecule has 3 heteroatoms. The molecule has 0 unspecified atom stereocenters. The molecule has 0 aliphatic rings. The van der Waals surface area contributed by atoms with Gasteiger partial charge in [0.25, 0.3) is 0 Å². The van der Waals surface area contributed by atoms with Gasteiger partial charge in [0.1, 0.15) is 5.01 Å². The Kier molecular flexibility index (Phi) is 4.07. The largest absolute Gasteiger partial charge is 0.321 e. The van der Waals surface area contributed by atoms with Gasteiger partial charge in [-0.05, 0) is 32.3 Å². The molecule has 102 valence electrons. The van der Waals surface area contributed by atoms with Crippen LogP contribution in [0.1, 0.15) is 43.8 Å². The van der Waals surface area contributed by atoms with Gasteiger partial charge in [-0.1, -0.05) is 38.1 Å². The topological polar surface area (TPSA) is 38.9 Å². The molecule has 2 rings (SSSR count). The lowest BCUT2D eigenvalue weighted by Gasteiger charge is -2.17. The normalized spacial score (nSPS) is 11.8. The molecule has 1 aromatic heterocycles. The number of aromatic nitrogens is 1. The molecule has 0 amide bonds. The second-order valence-corrected chi connectivity index (χ2v) is 6.42. The van der Waals surface area contributed by atoms with Crippen LogP contribution in [0.4, 0.5) is 0 Å². The van der Waals surface area contributed by atoms with E-state index in [9.17, 15) is 0 Å². The van der Waals surface area contributed by atoms with Crippen molar-refractivity contribution in [1.29, 1.82) is 0 Å². The number of nitrogens with two attached hydrogens (primary N) is 1. The Labute approximate surface area is 119 Å². The standard InChI is InChI=1S/C16H22N2S/c1-5-11-7-9-12(10-8-11)15-18-13(6-2)14(19-15)16(3,4)17/h7-10H,5-6,17H2,1-4H3. The lowest BCUT2D eigenvalue weighted by Crippen LogP contribution is -2.28. The van der Waals surface area contributed by atoms with Crippen LogP contribution in [0.2, 0.25) is 0 Å². The number of hydrogen-bond donors (Lipinski definition) is 1. The second-order valence-electron chi connectivity index (χ2n) is 5.42. The third kappa shape index (κ3) is 3.04. The zero-order valence-corrected chi connectivity index (χ0v) is 13.0. The summed E-state index contributed by atoms with van der Waals surface area (Å²) in [6.07, 6.45) is 2.00. The van der Waals surface area contributed by atoms with Gasteiger partial charge in [-0.3, -0.25) is 0 Å². The van der Waals surface area contributed by atoms with E-state index in [0.717, 1.165) is 23.5 Å². The van der Waals surface area contributed by atoms with Gasteiger partial charge in [0.2, 0.25) is 0 Å². The van der Waals surface area contributed by atoms with Gasteiger partial charge in [-0.2, -0.15) is 0 Å². The summed E-state index contributed by atoms with van der Waals surface area (Å²) in [5.74, 6) is 0. The van der Waals surface area contributed by atoms with Crippen molar-refractivity contribution in [3.05, 3.63) is 40.4 Å². The van der Waals surface area contributed by atoms with E-state index in [1.54, 1.807) is 11.3 Å². The summed E-state index contributed by atoms with van der Waals surface area (Å²) in [6.45, 7) is 8.39. The lowest BCUT2D eigenvalue weighted by atomic mass is 10.0. The summed E-state index contributed by atoms with van der Waals surface area (Å²) < 4.78 is 0. The first kappa shape index (κ1) is 14.2. The number of hydrogen-bond acceptors (Lipinski definition) is 3. The van der Waals surface area contributed by atoms with Gasteiger partial charge in [0, 0.05) is 16.0 Å². The molecule has 0 saturated carbocycles. The third-order valence-corrected chi connectivity index (χ3v) is 4.71. The van der Waals surface area contributed by atoms with Crippen LogP contribution in [0, 0.1) is 0 Å². The molecule has 1 aromatic carbocycles. The monoisotopic (exact) mass is 274 g/mol. The summed E-state index contributed by atoms with van der Waals surface area (Å²) in [5.41, 5.74) is 9.60. The highest BCUT2D eigenvalue weighted by Crippen LogP contribution is 2.34. The first-order valence-corrected chi connectivity index (χ1v) is 7.65. The molecular formula is C16H22N2S. The average Bonchev–Trinajstić information content (AvgIpc) is 2.83. The Morgan fingerprint density at radius 3 is 2.16 bits per heavy atom. The molecule has 0 radical (unpaired) electrons. The van der Waals surface area contributed by atoms with Crippen LogP contribution < -0.4 is 5.73 Å². The molecule has 1 heterocycles. The average molecular weight is 274 g/mol. The fraction of sp³-hybridized carbons (Fsp3) is 0.438. The molecule has 2 aromatic rings. The minimum atomic E-state index is -0.315. The van der Waals surface area contributed by atoms with E-state index in [0.29, 0.717) is 0 Å². The van der Waals surface area contributed by atoms with Crippen LogP contribution in [0.5, 0.6) is 0 Å². The number of benzene rings is 1. The highest BCUT2D eigenvalue weighted by atomic mass is 32.1. The van der Waals surface area contributed by atoms with Gasteiger partial charge >= 0.3 is 0 Å². The summed E-state index contributed by atoms with van der Waals surface area (Å²) in [7, 11) is 0. The highest BCUT2D eigenvalue weighted by Gasteiger charge is 2.22. The summed E-state index contributed by atoms with van der Waals surface area (Å²) in [5, 5.41) is 1.08. The quantitative estimate of drug-likeness (QED) is 0.910. The molecule has 0 aliphatic heterocycles. The molecule has 0 bridgehead atoms. The van der Waals surface area contributed by atoms with E-state index >= 15 is 0 Å². The summed E-state index contributed by atoms with van der Waals surface area (Å²) in [6, 6.07) is 8.67. The fourth-order valence-corrected chi connectivity index (χ4v) is 3.28. The van der Waals surface area contributed by atoms with Crippen molar-refractivity contribution in [2.45, 2.75) is 46.1 Å². The van der Waals surface area contributed by atoms with Crippen molar-refractivity contribution in [2.75, 3.05) is 0 Å². The number of aryl methyl sites for hydroxylation is 2. The minimum absolute atomic E-state index is 0.315. The maximum atomic E-state index is 6.24. The Morgan fingerprint density at radius 2 is 1.74 bits per heavy atom. The Balaban J connectivity index is 2.42. The van der Waals surface area contributed by atoms with Crippen molar-refractivity contribution in [1.82, 2.24) is 4.98 Å². The van der Waals surface area contributed by atoms with Gasteiger partial charge < -0.3 is 5.73 Å². The molecule has 2 N–H and O–H groups in total. The van der Waals surface area contributed by atoms with Gasteiger partial charge in [-0.15, -0.1) is 11.3 Å². The van der Waals surface area contributed by atoms with Crippen LogP contribution in [-0.4, -0.2) is 4.98 Å². The highest BCUT2D eigenvalue weighted by molar-refractivity contribution is 7.15. The molecule has 0 spiro atoms. The van der Waals surface area contributed by atoms with E-state index in [1.807, 2.05) is 13.8 Å². The van der Waals surface area contributed by atoms with Crippen LogP contribution in [0.15, 0.2) is 24.3 Å². The van der Waals surface area contributed by atoms with Gasteiger partial charge in [-0.25, -0.2) is 4.98 Å². The first-order chi connectivity index (χ1) is 8.95. The molecule has 0 aliphatic carbocycles. The maximum absolute atomic E-state index is 6.24. The van der Waals surface area contributed by atoms with Gasteiger partial charge in [0.15, 0.2) is 0 Å². The predicted octanol–water partition coefficient (Wildman–Crippen LogP) is 4.13. The lowest BCUT2D eigenvalue weighted by molar-refractivity contribution is 0.559. The zero-order valence-electron chi connectivity index (χ0n) is 12.2. The molecule has 2 nitrogen and oxygen atoms in total. The zero-order chi connectivity index (χ0) is 14.0. The van der Waals surface area contributed by atoms with Crippen LogP contribution >= 0.6 is 11.3 Å². The maximum Gasteiger partial charge on any atom is 0.123 e. The van der Waals surface area contributed by atoms with Crippen molar-refractivity contribution in [3.63, 3.8) is 0 Å². The Bertz CT molecular complexity index is 547. The Morgan fingerprint density at radius 1 is 1.11 bits per heavy atom. The molecule has 0 saturated heterocycles. The summed E-state index contributed by atoms with van der Waals surface area (Å²) >= 11 is 1.72. The number of rotatable bonds is 4. The number of thiazole rings is 1. The van der Waals surface area contributed by atoms with E-state index in [-0.39, 0.29) is 5.54 Å². The van der Waals surface area contributed by atoms with E-state index in [2.05, 4.69) is 38.1 Å². The summed E-state index contributed by atoms with van der Waals surface area (Å²) in [4.78, 5) is 5.96. The van der Waals surface area contributed by atoms with Crippen molar-refractivity contribution in [3.8, 4) is 10.6 Å². The predicted molar refractivity (Wildman–Crippen MR) is 83.5 cm³/mol. The third-order valence-electron chi connectivity index (χ3n) is 3.23. The van der Waals surface area contributed by atoms with E-state index in [4.69, 9.17) is 10.7 Å². The number of nitrogens with zero attached hydrogens (tertiary/aromatic N) is 1. The van der Waals surface area contributed by atoms with Crippen molar-refractivity contribution >= 4 is 11.3 Å². The Hall–Kier alpha value is -1.19. The molecule has 0 fully saturated rings. The van der Waals surface area contributed by atoms with Crippen LogP contribution in [-0.2, 0) is 18.4 Å². The molecule has 19 heavy (non-hydrogen) atoms. The SMILES string of the molecule is CCc1ccc(-c2nc(CC)c(C(C)(C)N)s2)cc1. The molecular weight excluding hydrogens is 252 g/mol. The smallest absolute Gasteiger partial charge is 0.123 e. The van der Waals surface area contributed by atoms with E-state index in [1.165, 1.54) is 16.0 Å². The van der Waals surface area contributed by atoms with Gasteiger partial charge in [0.05, 0.1) is 5.69 Å².